The van der Waals surface area contributed by atoms with Crippen molar-refractivity contribution in [3.8, 4) is 11.5 Å². The van der Waals surface area contributed by atoms with E-state index in [1.807, 2.05) is 26.0 Å². The van der Waals surface area contributed by atoms with E-state index in [1.54, 1.807) is 21.9 Å². The summed E-state index contributed by atoms with van der Waals surface area (Å²) in [5, 5.41) is 0. The van der Waals surface area contributed by atoms with E-state index in [4.69, 9.17) is 9.47 Å². The van der Waals surface area contributed by atoms with Gasteiger partial charge >= 0.3 is 0 Å². The number of piperazine rings is 1. The zero-order chi connectivity index (χ0) is 16.7. The standard InChI is InChI=1S/C17H24N2O4/c1-3-16(20)18-9-11-19(12-10-18)17(21)13-23-15-7-5-14(6-8-15)22-4-2/h5-8H,3-4,9-13H2,1-2H3. The van der Waals surface area contributed by atoms with Crippen LogP contribution in [0.15, 0.2) is 24.3 Å². The second-order valence-corrected chi connectivity index (χ2v) is 5.31. The summed E-state index contributed by atoms with van der Waals surface area (Å²) in [6.07, 6.45) is 0.509. The molecule has 1 aliphatic rings. The van der Waals surface area contributed by atoms with Crippen LogP contribution in [-0.2, 0) is 9.59 Å². The molecule has 0 saturated carbocycles. The largest absolute Gasteiger partial charge is 0.494 e. The minimum Gasteiger partial charge on any atom is -0.494 e. The van der Waals surface area contributed by atoms with Crippen molar-refractivity contribution < 1.29 is 19.1 Å². The Morgan fingerprint density at radius 2 is 1.35 bits per heavy atom. The van der Waals surface area contributed by atoms with Crippen LogP contribution in [0, 0.1) is 0 Å². The first kappa shape index (κ1) is 17.1. The quantitative estimate of drug-likeness (QED) is 0.798. The van der Waals surface area contributed by atoms with E-state index in [1.165, 1.54) is 0 Å². The molecule has 23 heavy (non-hydrogen) atoms. The molecular formula is C17H24N2O4. The smallest absolute Gasteiger partial charge is 0.260 e. The van der Waals surface area contributed by atoms with Gasteiger partial charge in [-0.1, -0.05) is 6.92 Å². The normalized spacial score (nSPS) is 14.5. The van der Waals surface area contributed by atoms with Crippen molar-refractivity contribution in [1.82, 2.24) is 9.80 Å². The number of hydrogen-bond acceptors (Lipinski definition) is 4. The zero-order valence-corrected chi connectivity index (χ0v) is 13.8. The molecule has 1 aromatic carbocycles. The van der Waals surface area contributed by atoms with Gasteiger partial charge in [0.05, 0.1) is 6.61 Å². The van der Waals surface area contributed by atoms with Crippen LogP contribution in [0.25, 0.3) is 0 Å². The number of rotatable bonds is 6. The van der Waals surface area contributed by atoms with Gasteiger partial charge in [0.15, 0.2) is 6.61 Å². The summed E-state index contributed by atoms with van der Waals surface area (Å²) >= 11 is 0. The topological polar surface area (TPSA) is 59.1 Å². The SMILES string of the molecule is CCOc1ccc(OCC(=O)N2CCN(C(=O)CC)CC2)cc1. The Labute approximate surface area is 137 Å². The van der Waals surface area contributed by atoms with Gasteiger partial charge in [-0.15, -0.1) is 0 Å². The summed E-state index contributed by atoms with van der Waals surface area (Å²) in [7, 11) is 0. The second kappa shape index (κ2) is 8.41. The van der Waals surface area contributed by atoms with Crippen molar-refractivity contribution in [2.24, 2.45) is 0 Å². The molecule has 0 N–H and O–H groups in total. The first-order chi connectivity index (χ1) is 11.1. The lowest BCUT2D eigenvalue weighted by Gasteiger charge is -2.34. The molecule has 0 aromatic heterocycles. The van der Waals surface area contributed by atoms with Crippen LogP contribution in [0.3, 0.4) is 0 Å². The van der Waals surface area contributed by atoms with Crippen LogP contribution in [0.5, 0.6) is 11.5 Å². The summed E-state index contributed by atoms with van der Waals surface area (Å²) in [4.78, 5) is 27.3. The maximum absolute atomic E-state index is 12.2. The fourth-order valence-electron chi connectivity index (χ4n) is 2.46. The predicted octanol–water partition coefficient (Wildman–Crippen LogP) is 1.54. The highest BCUT2D eigenvalue weighted by Crippen LogP contribution is 2.17. The summed E-state index contributed by atoms with van der Waals surface area (Å²) < 4.78 is 10.9. The molecule has 6 heteroatoms. The predicted molar refractivity (Wildman–Crippen MR) is 86.6 cm³/mol. The molecule has 1 saturated heterocycles. The number of benzene rings is 1. The van der Waals surface area contributed by atoms with E-state index in [0.29, 0.717) is 45.0 Å². The van der Waals surface area contributed by atoms with E-state index in [2.05, 4.69) is 0 Å². The Bertz CT molecular complexity index is 522. The third kappa shape index (κ3) is 4.87. The number of ether oxygens (including phenoxy) is 2. The molecule has 126 valence electrons. The molecule has 0 unspecified atom stereocenters. The second-order valence-electron chi connectivity index (χ2n) is 5.31. The first-order valence-electron chi connectivity index (χ1n) is 8.05. The lowest BCUT2D eigenvalue weighted by atomic mass is 10.3. The zero-order valence-electron chi connectivity index (χ0n) is 13.8. The van der Waals surface area contributed by atoms with Crippen molar-refractivity contribution in [3.63, 3.8) is 0 Å². The lowest BCUT2D eigenvalue weighted by molar-refractivity contribution is -0.140. The number of amides is 2. The number of carbonyl (C=O) groups is 2. The molecule has 0 spiro atoms. The molecule has 1 aliphatic heterocycles. The molecule has 1 aromatic rings. The van der Waals surface area contributed by atoms with Crippen molar-refractivity contribution in [1.29, 1.82) is 0 Å². The van der Waals surface area contributed by atoms with Gasteiger partial charge in [-0.25, -0.2) is 0 Å². The fraction of sp³-hybridized carbons (Fsp3) is 0.529. The minimum atomic E-state index is -0.0533. The highest BCUT2D eigenvalue weighted by atomic mass is 16.5. The van der Waals surface area contributed by atoms with E-state index in [-0.39, 0.29) is 18.4 Å². The lowest BCUT2D eigenvalue weighted by Crippen LogP contribution is -2.51. The highest BCUT2D eigenvalue weighted by molar-refractivity contribution is 5.79. The van der Waals surface area contributed by atoms with Gasteiger partial charge in [-0.2, -0.15) is 0 Å². The van der Waals surface area contributed by atoms with Gasteiger partial charge in [0, 0.05) is 32.6 Å². The van der Waals surface area contributed by atoms with Gasteiger partial charge in [-0.3, -0.25) is 9.59 Å². The molecule has 2 amide bonds. The monoisotopic (exact) mass is 320 g/mol. The summed E-state index contributed by atoms with van der Waals surface area (Å²) in [6.45, 7) is 6.74. The number of hydrogen-bond donors (Lipinski definition) is 0. The molecule has 2 rings (SSSR count). The van der Waals surface area contributed by atoms with E-state index >= 15 is 0 Å². The van der Waals surface area contributed by atoms with Gasteiger partial charge in [0.25, 0.3) is 5.91 Å². The molecule has 1 fully saturated rings. The highest BCUT2D eigenvalue weighted by Gasteiger charge is 2.23. The summed E-state index contributed by atoms with van der Waals surface area (Å²) in [5.41, 5.74) is 0. The summed E-state index contributed by atoms with van der Waals surface area (Å²) in [5.74, 6) is 1.51. The Balaban J connectivity index is 1.76. The van der Waals surface area contributed by atoms with Crippen LogP contribution < -0.4 is 9.47 Å². The maximum atomic E-state index is 12.2. The fourth-order valence-corrected chi connectivity index (χ4v) is 2.46. The molecule has 0 aliphatic carbocycles. The van der Waals surface area contributed by atoms with Crippen molar-refractivity contribution in [3.05, 3.63) is 24.3 Å². The Kier molecular flexibility index (Phi) is 6.26. The van der Waals surface area contributed by atoms with Crippen LogP contribution in [0.4, 0.5) is 0 Å². The van der Waals surface area contributed by atoms with Crippen LogP contribution >= 0.6 is 0 Å². The first-order valence-corrected chi connectivity index (χ1v) is 8.05. The maximum Gasteiger partial charge on any atom is 0.260 e. The van der Waals surface area contributed by atoms with Gasteiger partial charge in [0.2, 0.25) is 5.91 Å². The minimum absolute atomic E-state index is 0.00963. The summed E-state index contributed by atoms with van der Waals surface area (Å²) in [6, 6.07) is 7.21. The third-order valence-corrected chi connectivity index (χ3v) is 3.78. The molecule has 1 heterocycles. The number of nitrogens with zero attached hydrogens (tertiary/aromatic N) is 2. The van der Waals surface area contributed by atoms with Gasteiger partial charge in [-0.05, 0) is 31.2 Å². The van der Waals surface area contributed by atoms with Crippen LogP contribution in [-0.4, -0.2) is 61.0 Å². The average Bonchev–Trinajstić information content (AvgIpc) is 2.60. The average molecular weight is 320 g/mol. The van der Waals surface area contributed by atoms with Crippen LogP contribution in [0.1, 0.15) is 20.3 Å². The van der Waals surface area contributed by atoms with Crippen molar-refractivity contribution in [2.75, 3.05) is 39.4 Å². The molecule has 6 nitrogen and oxygen atoms in total. The van der Waals surface area contributed by atoms with Crippen LogP contribution in [0.2, 0.25) is 0 Å². The number of carbonyl (C=O) groups excluding carboxylic acids is 2. The Morgan fingerprint density at radius 1 is 0.870 bits per heavy atom. The van der Waals surface area contributed by atoms with Crippen molar-refractivity contribution >= 4 is 11.8 Å². The Hall–Kier alpha value is -2.24. The molecule has 0 atom stereocenters. The molecular weight excluding hydrogens is 296 g/mol. The van der Waals surface area contributed by atoms with Crippen molar-refractivity contribution in [2.45, 2.75) is 20.3 Å². The van der Waals surface area contributed by atoms with E-state index in [9.17, 15) is 9.59 Å². The van der Waals surface area contributed by atoms with Gasteiger partial charge in [0.1, 0.15) is 11.5 Å². The Morgan fingerprint density at radius 3 is 1.83 bits per heavy atom. The van der Waals surface area contributed by atoms with Gasteiger partial charge < -0.3 is 19.3 Å². The van der Waals surface area contributed by atoms with E-state index in [0.717, 1.165) is 5.75 Å². The molecule has 0 bridgehead atoms. The molecule has 0 radical (unpaired) electrons. The third-order valence-electron chi connectivity index (χ3n) is 3.78. The van der Waals surface area contributed by atoms with E-state index < -0.39 is 0 Å².